The first-order valence-corrected chi connectivity index (χ1v) is 8.78. The van der Waals surface area contributed by atoms with Crippen molar-refractivity contribution < 1.29 is 4.79 Å². The monoisotopic (exact) mass is 352 g/mol. The molecule has 1 amide bonds. The molecular formula is C22H16N4O. The molecule has 0 spiro atoms. The van der Waals surface area contributed by atoms with Crippen molar-refractivity contribution in [1.29, 1.82) is 0 Å². The van der Waals surface area contributed by atoms with E-state index in [1.165, 1.54) is 0 Å². The number of H-pyrrole nitrogens is 1. The largest absolute Gasteiger partial charge is 0.348 e. The van der Waals surface area contributed by atoms with Gasteiger partial charge in [-0.05, 0) is 29.8 Å². The van der Waals surface area contributed by atoms with Gasteiger partial charge in [0.15, 0.2) is 5.82 Å². The molecule has 2 heterocycles. The number of amides is 1. The van der Waals surface area contributed by atoms with Gasteiger partial charge in [-0.15, -0.1) is 0 Å². The second-order valence-electron chi connectivity index (χ2n) is 6.46. The molecule has 1 aliphatic heterocycles. The number of aromatic amines is 1. The van der Waals surface area contributed by atoms with Gasteiger partial charge in [0.25, 0.3) is 5.91 Å². The number of hydrogen-bond donors (Lipinski definition) is 2. The first-order chi connectivity index (χ1) is 13.3. The Kier molecular flexibility index (Phi) is 3.57. The van der Waals surface area contributed by atoms with Crippen LogP contribution in [0.25, 0.3) is 16.7 Å². The highest BCUT2D eigenvalue weighted by atomic mass is 16.1. The van der Waals surface area contributed by atoms with Crippen molar-refractivity contribution in [2.75, 3.05) is 0 Å². The molecule has 0 saturated carbocycles. The minimum Gasteiger partial charge on any atom is -0.348 e. The normalized spacial score (nSPS) is 12.2. The topological polar surface area (TPSA) is 70.1 Å². The van der Waals surface area contributed by atoms with Crippen LogP contribution in [0.15, 0.2) is 77.8 Å². The lowest BCUT2D eigenvalue weighted by Gasteiger charge is -2.06. The van der Waals surface area contributed by atoms with Crippen molar-refractivity contribution >= 4 is 22.6 Å². The smallest absolute Gasteiger partial charge is 0.251 e. The summed E-state index contributed by atoms with van der Waals surface area (Å²) in [6.07, 6.45) is 0. The number of rotatable bonds is 4. The summed E-state index contributed by atoms with van der Waals surface area (Å²) in [4.78, 5) is 24.9. The van der Waals surface area contributed by atoms with Crippen LogP contribution >= 0.6 is 0 Å². The maximum Gasteiger partial charge on any atom is 0.251 e. The SMILES string of the molecule is O=C(NCc1ccccc1)c1ccc2nc(C3=c4ccccc4=N3)[nH]c2c1. The van der Waals surface area contributed by atoms with Gasteiger partial charge >= 0.3 is 0 Å². The van der Waals surface area contributed by atoms with Gasteiger partial charge < -0.3 is 10.3 Å². The first-order valence-electron chi connectivity index (χ1n) is 8.78. The molecule has 0 radical (unpaired) electrons. The highest BCUT2D eigenvalue weighted by Gasteiger charge is 2.15. The van der Waals surface area contributed by atoms with Crippen molar-refractivity contribution in [2.24, 2.45) is 4.99 Å². The summed E-state index contributed by atoms with van der Waals surface area (Å²) in [5.74, 6) is 0.619. The van der Waals surface area contributed by atoms with Crippen LogP contribution in [0.1, 0.15) is 21.7 Å². The Morgan fingerprint density at radius 2 is 1.78 bits per heavy atom. The average Bonchev–Trinajstić information content (AvgIpc) is 3.10. The second kappa shape index (κ2) is 6.21. The number of nitrogens with one attached hydrogen (secondary N) is 2. The number of imidazole rings is 1. The van der Waals surface area contributed by atoms with E-state index in [9.17, 15) is 4.79 Å². The van der Waals surface area contributed by atoms with Gasteiger partial charge in [0.05, 0.1) is 16.4 Å². The van der Waals surface area contributed by atoms with Gasteiger partial charge in [0.1, 0.15) is 5.70 Å². The first kappa shape index (κ1) is 15.5. The molecule has 1 aromatic heterocycles. The van der Waals surface area contributed by atoms with Gasteiger partial charge in [-0.2, -0.15) is 0 Å². The summed E-state index contributed by atoms with van der Waals surface area (Å²) in [6.45, 7) is 0.500. The van der Waals surface area contributed by atoms with Crippen LogP contribution in [-0.2, 0) is 6.54 Å². The molecule has 3 aromatic carbocycles. The molecular weight excluding hydrogens is 336 g/mol. The Morgan fingerprint density at radius 1 is 0.963 bits per heavy atom. The van der Waals surface area contributed by atoms with E-state index in [0.29, 0.717) is 12.1 Å². The zero-order chi connectivity index (χ0) is 18.2. The third-order valence-electron chi connectivity index (χ3n) is 4.66. The third kappa shape index (κ3) is 2.79. The summed E-state index contributed by atoms with van der Waals surface area (Å²) in [6, 6.07) is 23.3. The molecule has 5 heteroatoms. The van der Waals surface area contributed by atoms with E-state index in [4.69, 9.17) is 0 Å². The number of carbonyl (C=O) groups excluding carboxylic acids is 1. The summed E-state index contributed by atoms with van der Waals surface area (Å²) in [7, 11) is 0. The van der Waals surface area contributed by atoms with Gasteiger partial charge in [0.2, 0.25) is 0 Å². The predicted octanol–water partition coefficient (Wildman–Crippen LogP) is 2.28. The van der Waals surface area contributed by atoms with Crippen LogP contribution in [0.4, 0.5) is 0 Å². The molecule has 0 atom stereocenters. The fourth-order valence-corrected chi connectivity index (χ4v) is 3.22. The molecule has 0 saturated heterocycles. The van der Waals surface area contributed by atoms with Crippen molar-refractivity contribution in [3.8, 4) is 0 Å². The molecule has 5 nitrogen and oxygen atoms in total. The van der Waals surface area contributed by atoms with Crippen LogP contribution in [0, 0.1) is 0 Å². The molecule has 1 aliphatic rings. The maximum absolute atomic E-state index is 12.5. The van der Waals surface area contributed by atoms with E-state index in [-0.39, 0.29) is 5.91 Å². The number of fused-ring (bicyclic) bond motifs is 2. The molecule has 0 aliphatic carbocycles. The summed E-state index contributed by atoms with van der Waals surface area (Å²) >= 11 is 0. The molecule has 5 rings (SSSR count). The number of carbonyl (C=O) groups is 1. The van der Waals surface area contributed by atoms with Crippen molar-refractivity contribution in [3.63, 3.8) is 0 Å². The van der Waals surface area contributed by atoms with Crippen LogP contribution in [0.5, 0.6) is 0 Å². The highest BCUT2D eigenvalue weighted by Crippen LogP contribution is 2.19. The van der Waals surface area contributed by atoms with E-state index in [1.807, 2.05) is 66.7 Å². The molecule has 2 N–H and O–H groups in total. The fraction of sp³-hybridized carbons (Fsp3) is 0.0455. The molecule has 130 valence electrons. The van der Waals surface area contributed by atoms with Crippen LogP contribution < -0.4 is 15.9 Å². The lowest BCUT2D eigenvalue weighted by molar-refractivity contribution is 0.0951. The van der Waals surface area contributed by atoms with Crippen molar-refractivity contribution in [1.82, 2.24) is 15.3 Å². The minimum atomic E-state index is -0.108. The van der Waals surface area contributed by atoms with E-state index >= 15 is 0 Å². The molecule has 0 fully saturated rings. The predicted molar refractivity (Wildman–Crippen MR) is 103 cm³/mol. The van der Waals surface area contributed by atoms with Gasteiger partial charge in [-0.3, -0.25) is 4.79 Å². The van der Waals surface area contributed by atoms with E-state index < -0.39 is 0 Å². The summed E-state index contributed by atoms with van der Waals surface area (Å²) in [5, 5.41) is 5.02. The van der Waals surface area contributed by atoms with Crippen molar-refractivity contribution in [3.05, 3.63) is 100 Å². The van der Waals surface area contributed by atoms with Gasteiger partial charge in [-0.25, -0.2) is 9.98 Å². The highest BCUT2D eigenvalue weighted by molar-refractivity contribution is 5.97. The Balaban J connectivity index is 1.41. The molecule has 0 bridgehead atoms. The number of nitrogens with zero attached hydrogens (tertiary/aromatic N) is 2. The van der Waals surface area contributed by atoms with Gasteiger partial charge in [0, 0.05) is 17.3 Å². The van der Waals surface area contributed by atoms with E-state index in [2.05, 4.69) is 20.3 Å². The molecule has 0 unspecified atom stereocenters. The maximum atomic E-state index is 12.5. The average molecular weight is 352 g/mol. The Morgan fingerprint density at radius 3 is 2.63 bits per heavy atom. The quantitative estimate of drug-likeness (QED) is 0.592. The standard InChI is InChI=1S/C22H16N4O/c27-22(23-13-14-6-2-1-3-7-14)15-10-11-18-19(12-15)26-21(25-18)20-16-8-4-5-9-17(16)24-20/h1-12H,13H2,(H,23,27)(H,25,26). The molecule has 27 heavy (non-hydrogen) atoms. The van der Waals surface area contributed by atoms with Crippen LogP contribution in [-0.4, -0.2) is 15.9 Å². The number of para-hydroxylation sites is 1. The van der Waals surface area contributed by atoms with E-state index in [0.717, 1.165) is 38.7 Å². The lowest BCUT2D eigenvalue weighted by atomic mass is 10.1. The second-order valence-corrected chi connectivity index (χ2v) is 6.46. The number of aromatic nitrogens is 2. The summed E-state index contributed by atoms with van der Waals surface area (Å²) in [5.41, 5.74) is 4.17. The number of hydrogen-bond acceptors (Lipinski definition) is 3. The van der Waals surface area contributed by atoms with Crippen molar-refractivity contribution in [2.45, 2.75) is 6.54 Å². The van der Waals surface area contributed by atoms with Gasteiger partial charge in [-0.1, -0.05) is 48.5 Å². The summed E-state index contributed by atoms with van der Waals surface area (Å²) < 4.78 is 0. The van der Waals surface area contributed by atoms with Crippen LogP contribution in [0.3, 0.4) is 0 Å². The Bertz CT molecular complexity index is 1290. The Labute approximate surface area is 155 Å². The number of benzene rings is 3. The van der Waals surface area contributed by atoms with E-state index in [1.54, 1.807) is 6.07 Å². The minimum absolute atomic E-state index is 0.108. The third-order valence-corrected chi connectivity index (χ3v) is 4.66. The fourth-order valence-electron chi connectivity index (χ4n) is 3.22. The lowest BCUT2D eigenvalue weighted by Crippen LogP contribution is -2.35. The Hall–Kier alpha value is -3.73. The molecule has 4 aromatic rings. The zero-order valence-corrected chi connectivity index (χ0v) is 14.4. The van der Waals surface area contributed by atoms with Crippen LogP contribution in [0.2, 0.25) is 0 Å². The zero-order valence-electron chi connectivity index (χ0n) is 14.4.